The Morgan fingerprint density at radius 2 is 0.798 bits per heavy atom. The number of carbonyl (C=O) groups is 2. The van der Waals surface area contributed by atoms with E-state index in [0.29, 0.717) is 35.6 Å². The van der Waals surface area contributed by atoms with Crippen molar-refractivity contribution in [2.45, 2.75) is 326 Å². The average molecular weight is 1290 g/mol. The third-order valence-electron chi connectivity index (χ3n) is 19.4. The molecule has 8 fully saturated rings. The summed E-state index contributed by atoms with van der Waals surface area (Å²) in [4.78, 5) is 48.6. The van der Waals surface area contributed by atoms with Crippen molar-refractivity contribution < 1.29 is 13.8 Å². The van der Waals surface area contributed by atoms with Crippen molar-refractivity contribution in [1.29, 1.82) is 0 Å². The minimum absolute atomic E-state index is 0. The zero-order valence-corrected chi connectivity index (χ0v) is 61.8. The van der Waals surface area contributed by atoms with Crippen molar-refractivity contribution >= 4 is 22.6 Å². The Bertz CT molecular complexity index is 1650. The molecular weight excluding hydrogens is 1120 g/mol. The van der Waals surface area contributed by atoms with Gasteiger partial charge in [0.25, 0.3) is 0 Å². The first-order valence-electron chi connectivity index (χ1n) is 35.3. The average Bonchev–Trinajstić information content (AvgIpc) is 1.83. The molecule has 0 aromatic rings. The normalized spacial score (nSPS) is 22.6. The molecule has 15 heteroatoms. The van der Waals surface area contributed by atoms with Gasteiger partial charge in [0, 0.05) is 200 Å². The van der Waals surface area contributed by atoms with Crippen molar-refractivity contribution in [3.05, 3.63) is 0 Å². The highest BCUT2D eigenvalue weighted by Gasteiger charge is 2.31. The smallest absolute Gasteiger partial charge is 0.222 e. The molecule has 14 nitrogen and oxygen atoms in total. The van der Waals surface area contributed by atoms with Gasteiger partial charge >= 0.3 is 0 Å². The van der Waals surface area contributed by atoms with Crippen LogP contribution in [0.2, 0.25) is 0 Å². The van der Waals surface area contributed by atoms with Crippen LogP contribution in [0.3, 0.4) is 0 Å². The fourth-order valence-corrected chi connectivity index (χ4v) is 14.0. The second kappa shape index (κ2) is 51.1. The number of likely N-dealkylation sites (tertiary alicyclic amines) is 4. The van der Waals surface area contributed by atoms with E-state index in [0.717, 1.165) is 112 Å². The van der Waals surface area contributed by atoms with E-state index < -0.39 is 10.8 Å². The SMILES string of the molecule is C.C.C.C.CC(=O)N1CCN(C(C)C)CC1.CC(C)N1CCCCC1(C)C.CC(C)N1CCCCC1=O.CC(C)N1CCCC[C@H]1C.CC(C)N1CCN(C(C)C)CC1.CC(C)N1CCN(C)CC1.CC(C)N1CCS(=O)CC1.CC1CCN(C(C)C)CC1. The van der Waals surface area contributed by atoms with Gasteiger partial charge in [0.2, 0.25) is 11.8 Å². The molecule has 8 heterocycles. The second-order valence-electron chi connectivity index (χ2n) is 29.5. The van der Waals surface area contributed by atoms with Crippen LogP contribution in [0.5, 0.6) is 0 Å². The molecule has 89 heavy (non-hydrogen) atoms. The summed E-state index contributed by atoms with van der Waals surface area (Å²) in [5.74, 6) is 3.26. The lowest BCUT2D eigenvalue weighted by atomic mass is 9.89. The molecule has 0 aromatic heterocycles. The number of hydrogen-bond acceptors (Lipinski definition) is 12. The molecule has 0 N–H and O–H groups in total. The van der Waals surface area contributed by atoms with Gasteiger partial charge in [0.1, 0.15) is 0 Å². The van der Waals surface area contributed by atoms with Crippen LogP contribution in [0.1, 0.15) is 260 Å². The molecule has 0 aliphatic carbocycles. The van der Waals surface area contributed by atoms with Crippen molar-refractivity contribution in [2.24, 2.45) is 5.92 Å². The van der Waals surface area contributed by atoms with E-state index in [2.05, 4.69) is 203 Å². The molecule has 0 spiro atoms. The zero-order chi connectivity index (χ0) is 64.6. The van der Waals surface area contributed by atoms with Gasteiger partial charge in [-0.2, -0.15) is 0 Å². The Morgan fingerprint density at radius 3 is 1.11 bits per heavy atom. The van der Waals surface area contributed by atoms with Crippen LogP contribution in [-0.2, 0) is 20.4 Å². The van der Waals surface area contributed by atoms with E-state index in [9.17, 15) is 13.8 Å². The highest BCUT2D eigenvalue weighted by molar-refractivity contribution is 7.85. The highest BCUT2D eigenvalue weighted by atomic mass is 32.2. The van der Waals surface area contributed by atoms with Gasteiger partial charge in [-0.15, -0.1) is 0 Å². The lowest BCUT2D eigenvalue weighted by molar-refractivity contribution is -0.135. The summed E-state index contributed by atoms with van der Waals surface area (Å²) in [6.07, 6.45) is 14.2. The third-order valence-corrected chi connectivity index (χ3v) is 20.7. The molecule has 2 amide bonds. The molecular formula is C74H163N11O3S. The molecule has 8 rings (SSSR count). The summed E-state index contributed by atoms with van der Waals surface area (Å²) < 4.78 is 10.9. The zero-order valence-electron chi connectivity index (χ0n) is 61.0. The van der Waals surface area contributed by atoms with Gasteiger partial charge in [-0.25, -0.2) is 0 Å². The van der Waals surface area contributed by atoms with E-state index in [1.165, 1.54) is 136 Å². The third kappa shape index (κ3) is 40.0. The fourth-order valence-electron chi connectivity index (χ4n) is 12.9. The first kappa shape index (κ1) is 94.1. The van der Waals surface area contributed by atoms with Gasteiger partial charge in [0.05, 0.1) is 0 Å². The van der Waals surface area contributed by atoms with E-state index in [-0.39, 0.29) is 35.6 Å². The molecule has 1 atom stereocenters. The predicted molar refractivity (Wildman–Crippen MR) is 399 cm³/mol. The van der Waals surface area contributed by atoms with E-state index >= 15 is 0 Å². The number of likely N-dealkylation sites (N-methyl/N-ethyl adjacent to an activating group) is 1. The van der Waals surface area contributed by atoms with Crippen molar-refractivity contribution in [3.63, 3.8) is 0 Å². The molecule has 0 bridgehead atoms. The largest absolute Gasteiger partial charge is 0.340 e. The summed E-state index contributed by atoms with van der Waals surface area (Å²) in [6, 6.07) is 6.85. The first-order valence-corrected chi connectivity index (χ1v) is 36.8. The summed E-state index contributed by atoms with van der Waals surface area (Å²) in [6.45, 7) is 73.5. The quantitative estimate of drug-likeness (QED) is 0.220. The van der Waals surface area contributed by atoms with Crippen LogP contribution in [-0.4, -0.2) is 279 Å². The standard InChI is InChI=1S/C10H22N2.C10H21N.C9H18N2O.2C9H19N.C8H18N2.C8H15NO.C7H15NOS.4CH4/c1-9(2)11-5-7-12(8-6-11)10(3)4;1-9(2)11-8-6-5-7-10(11,3)4;1-8(2)10-4-6-11(7-5-10)9(3)12;1-8(2)10-6-4-9(3)5-7-10;1-8(2)10-7-5-4-6-9(10)3;1-8(2)10-6-4-9(3)5-7-10;1-7(2)9-6-4-3-5-8(9)10;1-7(2)8-3-5-10(9)6-4-8;;;;/h9-10H,5-8H2,1-4H3;9H,5-8H2,1-4H3;8H,4-7H2,1-3H3;2*8-9H,4-7H2,1-3H3;8H,4-7H2,1-3H3;2*7H,3-6H2,1-2H3;4*1H4/t;;;;9-;;;;;;;/m....1......./s1. The van der Waals surface area contributed by atoms with Crippen LogP contribution in [0, 0.1) is 5.92 Å². The Morgan fingerprint density at radius 1 is 0.427 bits per heavy atom. The molecule has 8 aliphatic heterocycles. The lowest BCUT2D eigenvalue weighted by Gasteiger charge is -2.45. The maximum absolute atomic E-state index is 11.2. The van der Waals surface area contributed by atoms with Crippen molar-refractivity contribution in [2.75, 3.05) is 143 Å². The van der Waals surface area contributed by atoms with Crippen molar-refractivity contribution in [1.82, 2.24) is 53.9 Å². The van der Waals surface area contributed by atoms with Crippen LogP contribution in [0.15, 0.2) is 0 Å². The Hall–Kier alpha value is -1.27. The van der Waals surface area contributed by atoms with Crippen LogP contribution < -0.4 is 0 Å². The molecule has 0 aromatic carbocycles. The minimum atomic E-state index is -0.519. The summed E-state index contributed by atoms with van der Waals surface area (Å²) in [7, 11) is 1.67. The minimum Gasteiger partial charge on any atom is -0.340 e. The summed E-state index contributed by atoms with van der Waals surface area (Å²) in [5.41, 5.74) is 0.451. The number of hydrogen-bond donors (Lipinski definition) is 0. The van der Waals surface area contributed by atoms with Crippen molar-refractivity contribution in [3.8, 4) is 0 Å². The number of nitrogens with zero attached hydrogens (tertiary/aromatic N) is 11. The number of rotatable bonds is 9. The second-order valence-corrected chi connectivity index (χ2v) is 31.2. The van der Waals surface area contributed by atoms with E-state index in [1.807, 2.05) is 9.80 Å². The van der Waals surface area contributed by atoms with Crippen LogP contribution in [0.25, 0.3) is 0 Å². The highest BCUT2D eigenvalue weighted by Crippen LogP contribution is 2.29. The molecule has 0 unspecified atom stereocenters. The number of amides is 2. The molecule has 0 saturated carbocycles. The van der Waals surface area contributed by atoms with Crippen LogP contribution >= 0.6 is 0 Å². The summed E-state index contributed by atoms with van der Waals surface area (Å²) in [5, 5.41) is 0. The lowest BCUT2D eigenvalue weighted by Crippen LogP contribution is -2.50. The number of piperidine rings is 4. The topological polar surface area (TPSA) is 86.9 Å². The first-order chi connectivity index (χ1) is 39.8. The fraction of sp³-hybridized carbons (Fsp3) is 0.973. The maximum Gasteiger partial charge on any atom is 0.222 e. The monoisotopic (exact) mass is 1290 g/mol. The molecule has 0 radical (unpaired) electrons. The summed E-state index contributed by atoms with van der Waals surface area (Å²) >= 11 is 0. The van der Waals surface area contributed by atoms with Gasteiger partial charge in [-0.05, 0) is 236 Å². The number of carbonyl (C=O) groups excluding carboxylic acids is 2. The Labute approximate surface area is 561 Å². The van der Waals surface area contributed by atoms with E-state index in [1.54, 1.807) is 6.92 Å². The molecule has 8 aliphatic rings. The Balaban J connectivity index is -0.000000461. The predicted octanol–water partition coefficient (Wildman–Crippen LogP) is 14.1. The van der Waals surface area contributed by atoms with Crippen LogP contribution in [0.4, 0.5) is 0 Å². The maximum atomic E-state index is 11.2. The van der Waals surface area contributed by atoms with E-state index in [4.69, 9.17) is 0 Å². The molecule has 538 valence electrons. The van der Waals surface area contributed by atoms with Gasteiger partial charge in [-0.1, -0.05) is 49.5 Å². The number of piperazine rings is 3. The Kier molecular flexibility index (Phi) is 54.0. The molecule has 8 saturated heterocycles. The van der Waals surface area contributed by atoms with Gasteiger partial charge in [0.15, 0.2) is 0 Å². The van der Waals surface area contributed by atoms with Gasteiger partial charge < -0.3 is 19.6 Å². The van der Waals surface area contributed by atoms with Gasteiger partial charge in [-0.3, -0.25) is 48.1 Å².